The molecular weight excluding hydrogens is 525 g/mol. The predicted octanol–water partition coefficient (Wildman–Crippen LogP) is 3.58. The van der Waals surface area contributed by atoms with Crippen molar-refractivity contribution in [1.82, 2.24) is 24.6 Å². The van der Waals surface area contributed by atoms with E-state index in [0.29, 0.717) is 12.4 Å². The Balaban J connectivity index is 0.00000272. The molecule has 0 amide bonds. The van der Waals surface area contributed by atoms with Crippen molar-refractivity contribution in [3.8, 4) is 11.3 Å². The fourth-order valence-corrected chi connectivity index (χ4v) is 4.16. The second kappa shape index (κ2) is 10.9. The highest BCUT2D eigenvalue weighted by Crippen LogP contribution is 2.21. The summed E-state index contributed by atoms with van der Waals surface area (Å²) in [5, 5.41) is 4.38. The summed E-state index contributed by atoms with van der Waals surface area (Å²) in [5.74, 6) is 3.20. The van der Waals surface area contributed by atoms with Gasteiger partial charge in [0.25, 0.3) is 0 Å². The Morgan fingerprint density at radius 1 is 1.19 bits per heavy atom. The summed E-state index contributed by atoms with van der Waals surface area (Å²) >= 11 is 1.48. The molecule has 0 saturated carbocycles. The summed E-state index contributed by atoms with van der Waals surface area (Å²) < 4.78 is 10.3. The van der Waals surface area contributed by atoms with Crippen LogP contribution in [-0.4, -0.2) is 58.4 Å². The Bertz CT molecular complexity index is 993. The predicted molar refractivity (Wildman–Crippen MR) is 135 cm³/mol. The number of piperazine rings is 1. The molecule has 166 valence electrons. The molecule has 1 fully saturated rings. The highest BCUT2D eigenvalue weighted by atomic mass is 127. The molecule has 4 rings (SSSR count). The van der Waals surface area contributed by atoms with Gasteiger partial charge in [-0.25, -0.2) is 9.97 Å². The maximum Gasteiger partial charge on any atom is 0.214 e. The van der Waals surface area contributed by atoms with E-state index in [0.717, 1.165) is 60.8 Å². The Morgan fingerprint density at radius 2 is 1.94 bits per heavy atom. The minimum absolute atomic E-state index is 0. The van der Waals surface area contributed by atoms with Gasteiger partial charge in [0.1, 0.15) is 5.82 Å². The summed E-state index contributed by atoms with van der Waals surface area (Å²) in [6.07, 6.45) is 2.65. The number of benzene rings is 1. The lowest BCUT2D eigenvalue weighted by atomic mass is 10.1. The van der Waals surface area contributed by atoms with E-state index in [1.807, 2.05) is 12.1 Å². The first-order valence-corrected chi connectivity index (χ1v) is 11.0. The van der Waals surface area contributed by atoms with E-state index >= 15 is 0 Å². The first-order valence-electron chi connectivity index (χ1n) is 10.2. The lowest BCUT2D eigenvalue weighted by molar-refractivity contribution is 0.369. The first-order chi connectivity index (χ1) is 14.7. The van der Waals surface area contributed by atoms with E-state index in [2.05, 4.69) is 60.4 Å². The van der Waals surface area contributed by atoms with Gasteiger partial charge in [0.15, 0.2) is 11.7 Å². The van der Waals surface area contributed by atoms with Crippen LogP contribution in [0.1, 0.15) is 24.2 Å². The second-order valence-electron chi connectivity index (χ2n) is 7.21. The molecule has 0 bridgehead atoms. The molecule has 1 aliphatic rings. The van der Waals surface area contributed by atoms with Crippen molar-refractivity contribution in [1.29, 1.82) is 0 Å². The number of anilines is 1. The van der Waals surface area contributed by atoms with Crippen molar-refractivity contribution in [2.75, 3.05) is 38.1 Å². The second-order valence-corrected chi connectivity index (χ2v) is 7.94. The Kier molecular flexibility index (Phi) is 8.24. The van der Waals surface area contributed by atoms with E-state index in [9.17, 15) is 0 Å². The number of aromatic nitrogens is 3. The summed E-state index contributed by atoms with van der Waals surface area (Å²) in [4.78, 5) is 18.0. The monoisotopic (exact) mass is 553 g/mol. The third kappa shape index (κ3) is 5.73. The summed E-state index contributed by atoms with van der Waals surface area (Å²) in [7, 11) is 1.81. The number of aryl methyl sites for hydroxylation is 2. The quantitative estimate of drug-likeness (QED) is 0.294. The van der Waals surface area contributed by atoms with Gasteiger partial charge in [0.2, 0.25) is 11.0 Å². The molecule has 8 nitrogen and oxygen atoms in total. The number of nitrogens with zero attached hydrogens (tertiary/aromatic N) is 6. The number of aliphatic imine (C=N–C) groups is 1. The third-order valence-electron chi connectivity index (χ3n) is 5.12. The number of hydrogen-bond donors (Lipinski definition) is 1. The third-order valence-corrected chi connectivity index (χ3v) is 5.94. The molecule has 31 heavy (non-hydrogen) atoms. The highest BCUT2D eigenvalue weighted by Gasteiger charge is 2.22. The maximum absolute atomic E-state index is 5.91. The average molecular weight is 553 g/mol. The standard InChI is InChI=1S/C21H27N7OS.HI/c1-4-18-25-21(30-26-18)28-11-9-27(10-12-28)20(22-3)24-14-19-23-13-17(29-19)16-7-5-15(2)6-8-16;/h5-8,13H,4,9-12,14H2,1-3H3,(H,22,24);1H. The molecule has 10 heteroatoms. The lowest BCUT2D eigenvalue weighted by Crippen LogP contribution is -2.52. The minimum atomic E-state index is 0. The van der Waals surface area contributed by atoms with Crippen LogP contribution < -0.4 is 10.2 Å². The van der Waals surface area contributed by atoms with Crippen molar-refractivity contribution in [3.05, 3.63) is 47.7 Å². The molecule has 1 saturated heterocycles. The number of oxazole rings is 1. The van der Waals surface area contributed by atoms with Crippen molar-refractivity contribution in [3.63, 3.8) is 0 Å². The van der Waals surface area contributed by atoms with Crippen LogP contribution in [0.3, 0.4) is 0 Å². The molecule has 0 unspecified atom stereocenters. The largest absolute Gasteiger partial charge is 0.439 e. The SMILES string of the molecule is CCc1nsc(N2CCN(C(=NC)NCc3ncc(-c4ccc(C)cc4)o3)CC2)n1.I. The van der Waals surface area contributed by atoms with Gasteiger partial charge >= 0.3 is 0 Å². The number of hydrogen-bond acceptors (Lipinski definition) is 7. The van der Waals surface area contributed by atoms with E-state index in [1.165, 1.54) is 17.1 Å². The molecule has 1 aliphatic heterocycles. The topological polar surface area (TPSA) is 82.7 Å². The van der Waals surface area contributed by atoms with Gasteiger partial charge in [0, 0.05) is 56.7 Å². The zero-order valence-corrected chi connectivity index (χ0v) is 21.2. The van der Waals surface area contributed by atoms with Gasteiger partial charge in [0.05, 0.1) is 12.7 Å². The molecular formula is C21H28IN7OS. The molecule has 0 spiro atoms. The molecule has 0 radical (unpaired) electrons. The first kappa shape index (κ1) is 23.5. The summed E-state index contributed by atoms with van der Waals surface area (Å²) in [6.45, 7) is 8.19. The zero-order chi connectivity index (χ0) is 20.9. The number of guanidine groups is 1. The molecule has 2 aromatic heterocycles. The van der Waals surface area contributed by atoms with E-state index in [4.69, 9.17) is 4.42 Å². The van der Waals surface area contributed by atoms with Crippen LogP contribution in [0, 0.1) is 6.92 Å². The minimum Gasteiger partial charge on any atom is -0.439 e. The van der Waals surface area contributed by atoms with Crippen molar-refractivity contribution < 1.29 is 4.42 Å². The maximum atomic E-state index is 5.91. The summed E-state index contributed by atoms with van der Waals surface area (Å²) in [5.41, 5.74) is 2.25. The number of halogens is 1. The van der Waals surface area contributed by atoms with E-state index in [-0.39, 0.29) is 24.0 Å². The van der Waals surface area contributed by atoms with Crippen LogP contribution in [0.15, 0.2) is 39.9 Å². The Labute approximate surface area is 204 Å². The molecule has 1 aromatic carbocycles. The van der Waals surface area contributed by atoms with Crippen LogP contribution in [-0.2, 0) is 13.0 Å². The van der Waals surface area contributed by atoms with Gasteiger partial charge < -0.3 is 19.5 Å². The van der Waals surface area contributed by atoms with Crippen LogP contribution in [0.2, 0.25) is 0 Å². The van der Waals surface area contributed by atoms with Crippen LogP contribution in [0.5, 0.6) is 0 Å². The number of nitrogens with one attached hydrogen (secondary N) is 1. The fourth-order valence-electron chi connectivity index (χ4n) is 3.36. The van der Waals surface area contributed by atoms with Crippen molar-refractivity contribution >= 4 is 46.6 Å². The normalized spacial score (nSPS) is 14.5. The van der Waals surface area contributed by atoms with Crippen molar-refractivity contribution in [2.45, 2.75) is 26.8 Å². The zero-order valence-electron chi connectivity index (χ0n) is 18.0. The smallest absolute Gasteiger partial charge is 0.214 e. The van der Waals surface area contributed by atoms with Gasteiger partial charge in [-0.2, -0.15) is 4.37 Å². The lowest BCUT2D eigenvalue weighted by Gasteiger charge is -2.36. The van der Waals surface area contributed by atoms with E-state index < -0.39 is 0 Å². The van der Waals surface area contributed by atoms with Crippen LogP contribution in [0.4, 0.5) is 5.13 Å². The molecule has 0 atom stereocenters. The van der Waals surface area contributed by atoms with Gasteiger partial charge in [-0.3, -0.25) is 4.99 Å². The van der Waals surface area contributed by atoms with Gasteiger partial charge in [-0.1, -0.05) is 36.8 Å². The average Bonchev–Trinajstić information content (AvgIpc) is 3.45. The van der Waals surface area contributed by atoms with E-state index in [1.54, 1.807) is 13.2 Å². The van der Waals surface area contributed by atoms with Gasteiger partial charge in [-0.15, -0.1) is 24.0 Å². The van der Waals surface area contributed by atoms with Crippen LogP contribution >= 0.6 is 35.5 Å². The Morgan fingerprint density at radius 3 is 2.58 bits per heavy atom. The highest BCUT2D eigenvalue weighted by molar-refractivity contribution is 14.0. The Hall–Kier alpha value is -2.21. The molecule has 0 aliphatic carbocycles. The molecule has 3 heterocycles. The van der Waals surface area contributed by atoms with Crippen molar-refractivity contribution in [2.24, 2.45) is 4.99 Å². The molecule has 3 aromatic rings. The molecule has 1 N–H and O–H groups in total. The number of rotatable bonds is 5. The fraction of sp³-hybridized carbons (Fsp3) is 0.429. The van der Waals surface area contributed by atoms with Gasteiger partial charge in [-0.05, 0) is 6.92 Å². The van der Waals surface area contributed by atoms with Crippen LogP contribution in [0.25, 0.3) is 11.3 Å². The summed E-state index contributed by atoms with van der Waals surface area (Å²) in [6, 6.07) is 8.24.